The van der Waals surface area contributed by atoms with Crippen LogP contribution in [0.15, 0.2) is 0 Å². The van der Waals surface area contributed by atoms with Gasteiger partial charge in [0.25, 0.3) is 0 Å². The lowest BCUT2D eigenvalue weighted by molar-refractivity contribution is -0.117. The summed E-state index contributed by atoms with van der Waals surface area (Å²) in [4.78, 5) is 20.4. The van der Waals surface area contributed by atoms with Crippen molar-refractivity contribution in [3.8, 4) is 0 Å². The number of nitrogens with one attached hydrogen (secondary N) is 2. The third kappa shape index (κ3) is 8.70. The molecule has 6 N–H and O–H groups in total. The van der Waals surface area contributed by atoms with Crippen LogP contribution in [0.2, 0.25) is 0 Å². The number of amides is 3. The van der Waals surface area contributed by atoms with E-state index >= 15 is 0 Å². The molecule has 0 saturated carbocycles. The predicted molar refractivity (Wildman–Crippen MR) is 44.3 cm³/mol. The Hall–Kier alpha value is -1.30. The molecule has 6 heteroatoms. The van der Waals surface area contributed by atoms with Crippen LogP contribution in [0.4, 0.5) is 4.79 Å². The van der Waals surface area contributed by atoms with Gasteiger partial charge in [0.05, 0.1) is 0 Å². The topological polar surface area (TPSA) is 110 Å². The standard InChI is InChI=1S/C6H14N4O2/c7-5(11)1-2-9-3-4-10-6(8)12/h9H,1-4H2,(H2,7,11)(H3,8,10,12). The highest BCUT2D eigenvalue weighted by atomic mass is 16.2. The summed E-state index contributed by atoms with van der Waals surface area (Å²) in [6.45, 7) is 1.56. The van der Waals surface area contributed by atoms with E-state index in [0.717, 1.165) is 0 Å². The first-order valence-electron chi connectivity index (χ1n) is 3.65. The Balaban J connectivity index is 3.01. The maximum atomic E-state index is 10.2. The molecule has 70 valence electrons. The highest BCUT2D eigenvalue weighted by molar-refractivity contribution is 5.73. The van der Waals surface area contributed by atoms with E-state index in [1.54, 1.807) is 0 Å². The van der Waals surface area contributed by atoms with Gasteiger partial charge in [-0.3, -0.25) is 4.79 Å². The molecule has 0 aliphatic carbocycles. The van der Waals surface area contributed by atoms with E-state index in [4.69, 9.17) is 11.5 Å². The number of rotatable bonds is 6. The second-order valence-corrected chi connectivity index (χ2v) is 2.26. The molecule has 0 aromatic rings. The van der Waals surface area contributed by atoms with Crippen molar-refractivity contribution < 1.29 is 9.59 Å². The maximum absolute atomic E-state index is 10.2. The summed E-state index contributed by atoms with van der Waals surface area (Å²) in [5.74, 6) is -0.342. The summed E-state index contributed by atoms with van der Waals surface area (Å²) < 4.78 is 0. The van der Waals surface area contributed by atoms with Crippen LogP contribution in [0.1, 0.15) is 6.42 Å². The van der Waals surface area contributed by atoms with E-state index in [1.165, 1.54) is 0 Å². The van der Waals surface area contributed by atoms with Crippen molar-refractivity contribution in [3.05, 3.63) is 0 Å². The van der Waals surface area contributed by atoms with Gasteiger partial charge >= 0.3 is 6.03 Å². The Morgan fingerprint density at radius 2 is 1.75 bits per heavy atom. The Morgan fingerprint density at radius 3 is 2.25 bits per heavy atom. The number of carbonyl (C=O) groups excluding carboxylic acids is 2. The predicted octanol–water partition coefficient (Wildman–Crippen LogP) is -1.88. The normalized spacial score (nSPS) is 9.33. The zero-order valence-corrected chi connectivity index (χ0v) is 6.80. The summed E-state index contributed by atoms with van der Waals surface area (Å²) in [6, 6.07) is -0.549. The van der Waals surface area contributed by atoms with E-state index in [0.29, 0.717) is 26.1 Å². The van der Waals surface area contributed by atoms with Gasteiger partial charge in [-0.1, -0.05) is 0 Å². The van der Waals surface area contributed by atoms with Crippen molar-refractivity contribution in [1.82, 2.24) is 10.6 Å². The Morgan fingerprint density at radius 1 is 1.08 bits per heavy atom. The Kier molecular flexibility index (Phi) is 5.72. The van der Waals surface area contributed by atoms with Gasteiger partial charge in [-0.15, -0.1) is 0 Å². The minimum Gasteiger partial charge on any atom is -0.370 e. The summed E-state index contributed by atoms with van der Waals surface area (Å²) in [5.41, 5.74) is 9.69. The lowest BCUT2D eigenvalue weighted by Gasteiger charge is -2.02. The molecule has 0 saturated heterocycles. The first kappa shape index (κ1) is 10.7. The van der Waals surface area contributed by atoms with Crippen molar-refractivity contribution in [2.75, 3.05) is 19.6 Å². The zero-order chi connectivity index (χ0) is 9.40. The number of hydrogen-bond donors (Lipinski definition) is 4. The van der Waals surface area contributed by atoms with Crippen LogP contribution in [-0.4, -0.2) is 31.6 Å². The fraction of sp³-hybridized carbons (Fsp3) is 0.667. The van der Waals surface area contributed by atoms with Gasteiger partial charge < -0.3 is 22.1 Å². The average Bonchev–Trinajstić information content (AvgIpc) is 1.95. The fourth-order valence-electron chi connectivity index (χ4n) is 0.611. The molecule has 12 heavy (non-hydrogen) atoms. The van der Waals surface area contributed by atoms with E-state index in [-0.39, 0.29) is 5.91 Å². The summed E-state index contributed by atoms with van der Waals surface area (Å²) in [6.07, 6.45) is 0.302. The molecule has 0 aliphatic heterocycles. The van der Waals surface area contributed by atoms with Crippen molar-refractivity contribution in [1.29, 1.82) is 0 Å². The highest BCUT2D eigenvalue weighted by Gasteiger charge is 1.93. The smallest absolute Gasteiger partial charge is 0.312 e. The van der Waals surface area contributed by atoms with Crippen LogP contribution in [0, 0.1) is 0 Å². The molecule has 0 rings (SSSR count). The molecule has 0 radical (unpaired) electrons. The van der Waals surface area contributed by atoms with Gasteiger partial charge in [-0.25, -0.2) is 4.79 Å². The van der Waals surface area contributed by atoms with Crippen molar-refractivity contribution in [2.45, 2.75) is 6.42 Å². The van der Waals surface area contributed by atoms with Gasteiger partial charge in [0.2, 0.25) is 5.91 Å². The lowest BCUT2D eigenvalue weighted by Crippen LogP contribution is -2.36. The first-order valence-corrected chi connectivity index (χ1v) is 3.65. The molecule has 0 atom stereocenters. The number of urea groups is 1. The molecule has 0 aromatic carbocycles. The van der Waals surface area contributed by atoms with Crippen LogP contribution < -0.4 is 22.1 Å². The number of primary amides is 2. The number of hydrogen-bond acceptors (Lipinski definition) is 3. The average molecular weight is 174 g/mol. The highest BCUT2D eigenvalue weighted by Crippen LogP contribution is 1.70. The van der Waals surface area contributed by atoms with Gasteiger partial charge in [0.1, 0.15) is 0 Å². The SMILES string of the molecule is NC(=O)CCNCCNC(N)=O. The minimum atomic E-state index is -0.549. The van der Waals surface area contributed by atoms with Crippen LogP contribution in [0.3, 0.4) is 0 Å². The van der Waals surface area contributed by atoms with Crippen LogP contribution in [-0.2, 0) is 4.79 Å². The third-order valence-electron chi connectivity index (χ3n) is 1.15. The van der Waals surface area contributed by atoms with Crippen molar-refractivity contribution in [2.24, 2.45) is 11.5 Å². The minimum absolute atomic E-state index is 0.302. The molecule has 0 unspecified atom stereocenters. The number of carbonyl (C=O) groups is 2. The molecular weight excluding hydrogens is 160 g/mol. The fourth-order valence-corrected chi connectivity index (χ4v) is 0.611. The number of nitrogens with two attached hydrogens (primary N) is 2. The van der Waals surface area contributed by atoms with Crippen molar-refractivity contribution >= 4 is 11.9 Å². The Labute approximate surface area is 70.7 Å². The van der Waals surface area contributed by atoms with Crippen molar-refractivity contribution in [3.63, 3.8) is 0 Å². The molecular formula is C6H14N4O2. The van der Waals surface area contributed by atoms with Gasteiger partial charge in [-0.05, 0) is 0 Å². The van der Waals surface area contributed by atoms with Gasteiger partial charge in [0.15, 0.2) is 0 Å². The van der Waals surface area contributed by atoms with E-state index < -0.39 is 6.03 Å². The van der Waals surface area contributed by atoms with Crippen LogP contribution >= 0.6 is 0 Å². The zero-order valence-electron chi connectivity index (χ0n) is 6.80. The molecule has 0 aliphatic rings. The molecule has 0 bridgehead atoms. The molecule has 0 spiro atoms. The molecule has 0 heterocycles. The first-order chi connectivity index (χ1) is 5.63. The molecule has 3 amide bonds. The summed E-state index contributed by atoms with van der Waals surface area (Å²) in [7, 11) is 0. The molecule has 0 aromatic heterocycles. The monoisotopic (exact) mass is 174 g/mol. The quantitative estimate of drug-likeness (QED) is 0.354. The maximum Gasteiger partial charge on any atom is 0.312 e. The van der Waals surface area contributed by atoms with Gasteiger partial charge in [-0.2, -0.15) is 0 Å². The summed E-state index contributed by atoms with van der Waals surface area (Å²) >= 11 is 0. The van der Waals surface area contributed by atoms with Gasteiger partial charge in [0, 0.05) is 26.1 Å². The summed E-state index contributed by atoms with van der Waals surface area (Å²) in [5, 5.41) is 5.29. The largest absolute Gasteiger partial charge is 0.370 e. The Bertz CT molecular complexity index is 142. The van der Waals surface area contributed by atoms with Crippen LogP contribution in [0.25, 0.3) is 0 Å². The second kappa shape index (κ2) is 6.41. The third-order valence-corrected chi connectivity index (χ3v) is 1.15. The van der Waals surface area contributed by atoms with E-state index in [9.17, 15) is 9.59 Å². The lowest BCUT2D eigenvalue weighted by atomic mass is 10.4. The molecule has 6 nitrogen and oxygen atoms in total. The second-order valence-electron chi connectivity index (χ2n) is 2.26. The van der Waals surface area contributed by atoms with Crippen LogP contribution in [0.5, 0.6) is 0 Å². The molecule has 0 fully saturated rings. The van der Waals surface area contributed by atoms with E-state index in [2.05, 4.69) is 10.6 Å². The van der Waals surface area contributed by atoms with E-state index in [1.807, 2.05) is 0 Å².